The van der Waals surface area contributed by atoms with Gasteiger partial charge in [0, 0.05) is 6.20 Å². The molecule has 0 aliphatic heterocycles. The van der Waals surface area contributed by atoms with E-state index in [0.29, 0.717) is 0 Å². The fourth-order valence-corrected chi connectivity index (χ4v) is 1.28. The summed E-state index contributed by atoms with van der Waals surface area (Å²) < 4.78 is 9.69. The Balaban J connectivity index is 3.05. The molecule has 1 amide bonds. The number of ether oxygens (including phenoxy) is 2. The maximum atomic E-state index is 12.1. The standard InChI is InChI=1S/C12H17N3O5/c1-12(2,3)20-11(18)15(7-9(16)19-4)8-5-6-13-10(17)14-8/h5-6H,7H2,1-4H3,(H,13,14,17). The van der Waals surface area contributed by atoms with E-state index in [1.807, 2.05) is 0 Å². The topological polar surface area (TPSA) is 102 Å². The molecule has 1 aromatic heterocycles. The van der Waals surface area contributed by atoms with Gasteiger partial charge in [-0.3, -0.25) is 14.7 Å². The Morgan fingerprint density at radius 2 is 2.05 bits per heavy atom. The number of esters is 1. The predicted molar refractivity (Wildman–Crippen MR) is 70.5 cm³/mol. The van der Waals surface area contributed by atoms with Gasteiger partial charge in [-0.1, -0.05) is 0 Å². The Kier molecular flexibility index (Phi) is 4.84. The molecule has 8 nitrogen and oxygen atoms in total. The number of hydrogen-bond acceptors (Lipinski definition) is 6. The van der Waals surface area contributed by atoms with Crippen LogP contribution in [0.2, 0.25) is 0 Å². The summed E-state index contributed by atoms with van der Waals surface area (Å²) in [4.78, 5) is 41.4. The molecule has 1 heterocycles. The van der Waals surface area contributed by atoms with Gasteiger partial charge in [0.2, 0.25) is 0 Å². The molecule has 110 valence electrons. The van der Waals surface area contributed by atoms with E-state index in [1.54, 1.807) is 20.8 Å². The first-order chi connectivity index (χ1) is 9.23. The van der Waals surface area contributed by atoms with Crippen LogP contribution in [0.5, 0.6) is 0 Å². The molecule has 0 saturated carbocycles. The first-order valence-corrected chi connectivity index (χ1v) is 5.85. The van der Waals surface area contributed by atoms with E-state index in [1.165, 1.54) is 19.4 Å². The highest BCUT2D eigenvalue weighted by Gasteiger charge is 2.26. The first-order valence-electron chi connectivity index (χ1n) is 5.85. The summed E-state index contributed by atoms with van der Waals surface area (Å²) in [7, 11) is 1.20. The Morgan fingerprint density at radius 3 is 2.55 bits per heavy atom. The number of hydrogen-bond donors (Lipinski definition) is 1. The lowest BCUT2D eigenvalue weighted by Crippen LogP contribution is -2.41. The van der Waals surface area contributed by atoms with Crippen LogP contribution in [-0.4, -0.2) is 41.3 Å². The van der Waals surface area contributed by atoms with E-state index in [9.17, 15) is 14.4 Å². The van der Waals surface area contributed by atoms with E-state index >= 15 is 0 Å². The number of nitrogens with one attached hydrogen (secondary N) is 1. The summed E-state index contributed by atoms with van der Waals surface area (Å²) in [5.74, 6) is -0.543. The van der Waals surface area contributed by atoms with Crippen molar-refractivity contribution < 1.29 is 19.1 Å². The van der Waals surface area contributed by atoms with Gasteiger partial charge in [0.1, 0.15) is 18.0 Å². The number of H-pyrrole nitrogens is 1. The predicted octanol–water partition coefficient (Wildman–Crippen LogP) is 0.684. The molecule has 0 atom stereocenters. The van der Waals surface area contributed by atoms with Crippen molar-refractivity contribution in [3.05, 3.63) is 22.7 Å². The summed E-state index contributed by atoms with van der Waals surface area (Å²) >= 11 is 0. The van der Waals surface area contributed by atoms with Crippen LogP contribution in [0.4, 0.5) is 10.6 Å². The molecule has 0 bridgehead atoms. The minimum atomic E-state index is -0.773. The first kappa shape index (κ1) is 15.7. The molecule has 0 aromatic carbocycles. The number of aromatic amines is 1. The van der Waals surface area contributed by atoms with Gasteiger partial charge < -0.3 is 9.47 Å². The van der Waals surface area contributed by atoms with Crippen LogP contribution >= 0.6 is 0 Å². The van der Waals surface area contributed by atoms with Crippen molar-refractivity contribution in [2.24, 2.45) is 0 Å². The largest absolute Gasteiger partial charge is 0.468 e. The average Bonchev–Trinajstić information content (AvgIpc) is 2.33. The summed E-state index contributed by atoms with van der Waals surface area (Å²) in [6.45, 7) is 4.69. The Hall–Kier alpha value is -2.38. The van der Waals surface area contributed by atoms with Crippen molar-refractivity contribution in [1.29, 1.82) is 0 Å². The highest BCUT2D eigenvalue weighted by Crippen LogP contribution is 2.14. The number of nitrogens with zero attached hydrogens (tertiary/aromatic N) is 2. The van der Waals surface area contributed by atoms with E-state index in [4.69, 9.17) is 4.74 Å². The smallest absolute Gasteiger partial charge is 0.416 e. The lowest BCUT2D eigenvalue weighted by molar-refractivity contribution is -0.139. The minimum absolute atomic E-state index is 0.102. The van der Waals surface area contributed by atoms with Crippen LogP contribution in [0, 0.1) is 0 Å². The van der Waals surface area contributed by atoms with E-state index < -0.39 is 23.4 Å². The molecule has 0 aliphatic carbocycles. The fourth-order valence-electron chi connectivity index (χ4n) is 1.28. The monoisotopic (exact) mass is 283 g/mol. The number of rotatable bonds is 3. The lowest BCUT2D eigenvalue weighted by atomic mass is 10.2. The molecule has 0 fully saturated rings. The van der Waals surface area contributed by atoms with E-state index in [-0.39, 0.29) is 12.4 Å². The van der Waals surface area contributed by atoms with E-state index in [0.717, 1.165) is 4.90 Å². The summed E-state index contributed by atoms with van der Waals surface area (Å²) in [5.41, 5.74) is -1.38. The number of anilines is 1. The highest BCUT2D eigenvalue weighted by molar-refractivity contribution is 5.92. The van der Waals surface area contributed by atoms with Crippen molar-refractivity contribution in [3.63, 3.8) is 0 Å². The lowest BCUT2D eigenvalue weighted by Gasteiger charge is -2.26. The Bertz CT molecular complexity index is 547. The molecule has 0 radical (unpaired) electrons. The van der Waals surface area contributed by atoms with Crippen LogP contribution < -0.4 is 10.6 Å². The summed E-state index contributed by atoms with van der Waals surface area (Å²) in [5, 5.41) is 0. The molecular formula is C12H17N3O5. The minimum Gasteiger partial charge on any atom is -0.468 e. The molecular weight excluding hydrogens is 266 g/mol. The third kappa shape index (κ3) is 4.71. The zero-order valence-electron chi connectivity index (χ0n) is 11.8. The molecule has 1 rings (SSSR count). The van der Waals surface area contributed by atoms with Crippen LogP contribution in [-0.2, 0) is 14.3 Å². The third-order valence-corrected chi connectivity index (χ3v) is 2.08. The quantitative estimate of drug-likeness (QED) is 0.819. The van der Waals surface area contributed by atoms with Gasteiger partial charge in [-0.05, 0) is 26.8 Å². The second kappa shape index (κ2) is 6.18. The zero-order chi connectivity index (χ0) is 15.3. The van der Waals surface area contributed by atoms with Crippen LogP contribution in [0.25, 0.3) is 0 Å². The molecule has 20 heavy (non-hydrogen) atoms. The second-order valence-electron chi connectivity index (χ2n) is 4.90. The second-order valence-corrected chi connectivity index (χ2v) is 4.90. The molecule has 0 spiro atoms. The normalized spacial score (nSPS) is 10.8. The molecule has 0 unspecified atom stereocenters. The third-order valence-electron chi connectivity index (χ3n) is 2.08. The number of methoxy groups -OCH3 is 1. The van der Waals surface area contributed by atoms with Crippen molar-refractivity contribution >= 4 is 17.9 Å². The number of aromatic nitrogens is 2. The maximum Gasteiger partial charge on any atom is 0.416 e. The van der Waals surface area contributed by atoms with Crippen LogP contribution in [0.15, 0.2) is 17.1 Å². The van der Waals surface area contributed by atoms with E-state index in [2.05, 4.69) is 14.7 Å². The van der Waals surface area contributed by atoms with Gasteiger partial charge in [-0.25, -0.2) is 14.6 Å². The summed E-state index contributed by atoms with van der Waals surface area (Å²) in [6.07, 6.45) is 0.452. The van der Waals surface area contributed by atoms with Gasteiger partial charge in [0.25, 0.3) is 0 Å². The van der Waals surface area contributed by atoms with Crippen molar-refractivity contribution in [2.45, 2.75) is 26.4 Å². The average molecular weight is 283 g/mol. The number of carbonyl (C=O) groups excluding carboxylic acids is 2. The maximum absolute atomic E-state index is 12.1. The molecule has 1 aromatic rings. The highest BCUT2D eigenvalue weighted by atomic mass is 16.6. The number of amides is 1. The SMILES string of the molecule is COC(=O)CN(C(=O)OC(C)(C)C)c1ccnc(=O)[nH]1. The van der Waals surface area contributed by atoms with Gasteiger partial charge in [-0.15, -0.1) is 0 Å². The summed E-state index contributed by atoms with van der Waals surface area (Å²) in [6, 6.07) is 1.38. The van der Waals surface area contributed by atoms with Crippen molar-refractivity contribution in [1.82, 2.24) is 9.97 Å². The van der Waals surface area contributed by atoms with Crippen molar-refractivity contribution in [2.75, 3.05) is 18.6 Å². The molecule has 1 N–H and O–H groups in total. The molecule has 0 aliphatic rings. The fraction of sp³-hybridized carbons (Fsp3) is 0.500. The Labute approximate surface area is 115 Å². The van der Waals surface area contributed by atoms with Gasteiger partial charge >= 0.3 is 17.8 Å². The van der Waals surface area contributed by atoms with Crippen LogP contribution in [0.1, 0.15) is 20.8 Å². The van der Waals surface area contributed by atoms with Crippen molar-refractivity contribution in [3.8, 4) is 0 Å². The van der Waals surface area contributed by atoms with Gasteiger partial charge in [-0.2, -0.15) is 0 Å². The Morgan fingerprint density at radius 1 is 1.40 bits per heavy atom. The zero-order valence-corrected chi connectivity index (χ0v) is 11.8. The van der Waals surface area contributed by atoms with Gasteiger partial charge in [0.15, 0.2) is 0 Å². The number of carbonyl (C=O) groups is 2. The molecule has 0 saturated heterocycles. The van der Waals surface area contributed by atoms with Gasteiger partial charge in [0.05, 0.1) is 7.11 Å². The van der Waals surface area contributed by atoms with Crippen LogP contribution in [0.3, 0.4) is 0 Å². The molecule has 8 heteroatoms.